The largest absolute Gasteiger partial charge is 1.00 e. The molecule has 0 aromatic carbocycles. The van der Waals surface area contributed by atoms with Gasteiger partial charge in [-0.25, -0.2) is 0 Å². The van der Waals surface area contributed by atoms with E-state index in [0.29, 0.717) is 5.54 Å². The molecule has 1 saturated heterocycles. The zero-order valence-electron chi connectivity index (χ0n) is 13.0. The van der Waals surface area contributed by atoms with Crippen molar-refractivity contribution >= 4 is 0 Å². The van der Waals surface area contributed by atoms with Crippen LogP contribution < -0.4 is 24.0 Å². The van der Waals surface area contributed by atoms with E-state index in [2.05, 4.69) is 20.9 Å². The Morgan fingerprint density at radius 3 is 2.79 bits per heavy atom. The van der Waals surface area contributed by atoms with Crippen molar-refractivity contribution in [3.63, 3.8) is 0 Å². The van der Waals surface area contributed by atoms with E-state index in [1.165, 1.54) is 68.9 Å². The maximum absolute atomic E-state index is 2.59. The number of hydrogen-bond donors (Lipinski definition) is 0. The van der Waals surface area contributed by atoms with Gasteiger partial charge in [0.05, 0.1) is 20.1 Å². The highest BCUT2D eigenvalue weighted by Crippen LogP contribution is 2.51. The molecule has 19 heavy (non-hydrogen) atoms. The first-order valence-corrected chi connectivity index (χ1v) is 8.15. The average Bonchev–Trinajstić information content (AvgIpc) is 2.81. The van der Waals surface area contributed by atoms with E-state index >= 15 is 0 Å². The Bertz CT molecular complexity index is 375. The SMILES string of the molecule is CCCC1CC[C@]2(C)C3=C(CCC3)CC[N+]2(C)C1.[I-]. The maximum Gasteiger partial charge on any atom is 0.118 e. The van der Waals surface area contributed by atoms with E-state index in [-0.39, 0.29) is 24.0 Å². The summed E-state index contributed by atoms with van der Waals surface area (Å²) in [7, 11) is 2.56. The molecule has 2 heterocycles. The molecule has 2 aliphatic heterocycles. The number of hydrogen-bond acceptors (Lipinski definition) is 0. The Kier molecular flexibility index (Phi) is 4.72. The van der Waals surface area contributed by atoms with Crippen LogP contribution in [0.15, 0.2) is 11.1 Å². The third kappa shape index (κ3) is 2.41. The fourth-order valence-electron chi connectivity index (χ4n) is 5.19. The minimum absolute atomic E-state index is 0. The molecular weight excluding hydrogens is 345 g/mol. The maximum atomic E-state index is 2.59. The van der Waals surface area contributed by atoms with Gasteiger partial charge in [-0.15, -0.1) is 0 Å². The molecule has 2 unspecified atom stereocenters. The molecule has 0 bridgehead atoms. The topological polar surface area (TPSA) is 0 Å². The number of piperidine rings is 1. The second-order valence-electron chi connectivity index (χ2n) is 7.45. The van der Waals surface area contributed by atoms with Crippen LogP contribution in [0.1, 0.15) is 65.2 Å². The smallest absolute Gasteiger partial charge is 0.118 e. The summed E-state index contributed by atoms with van der Waals surface area (Å²) in [4.78, 5) is 0. The summed E-state index contributed by atoms with van der Waals surface area (Å²) in [6.45, 7) is 7.80. The van der Waals surface area contributed by atoms with Gasteiger partial charge in [-0.1, -0.05) is 18.9 Å². The molecule has 0 aromatic rings. The average molecular weight is 375 g/mol. The van der Waals surface area contributed by atoms with Gasteiger partial charge < -0.3 is 28.5 Å². The Morgan fingerprint density at radius 1 is 1.26 bits per heavy atom. The lowest BCUT2D eigenvalue weighted by molar-refractivity contribution is -0.961. The van der Waals surface area contributed by atoms with Crippen molar-refractivity contribution in [1.29, 1.82) is 0 Å². The predicted molar refractivity (Wildman–Crippen MR) is 77.4 cm³/mol. The van der Waals surface area contributed by atoms with Crippen LogP contribution in [0, 0.1) is 5.92 Å². The molecule has 0 amide bonds. The lowest BCUT2D eigenvalue weighted by atomic mass is 9.71. The van der Waals surface area contributed by atoms with E-state index in [1.54, 1.807) is 0 Å². The van der Waals surface area contributed by atoms with E-state index < -0.39 is 0 Å². The molecule has 0 saturated carbocycles. The monoisotopic (exact) mass is 375 g/mol. The first kappa shape index (κ1) is 15.8. The van der Waals surface area contributed by atoms with Gasteiger partial charge in [-0.3, -0.25) is 0 Å². The van der Waals surface area contributed by atoms with Crippen LogP contribution in [0.2, 0.25) is 0 Å². The molecule has 0 radical (unpaired) electrons. The van der Waals surface area contributed by atoms with Crippen LogP contribution >= 0.6 is 0 Å². The molecule has 0 spiro atoms. The van der Waals surface area contributed by atoms with Gasteiger partial charge in [0.2, 0.25) is 0 Å². The Labute approximate surface area is 136 Å². The first-order chi connectivity index (χ1) is 8.59. The molecule has 1 nitrogen and oxygen atoms in total. The van der Waals surface area contributed by atoms with Gasteiger partial charge in [0.25, 0.3) is 0 Å². The van der Waals surface area contributed by atoms with Crippen molar-refractivity contribution in [3.05, 3.63) is 11.1 Å². The Balaban J connectivity index is 0.00000133. The van der Waals surface area contributed by atoms with Crippen LogP contribution in [-0.4, -0.2) is 30.2 Å². The Morgan fingerprint density at radius 2 is 2.05 bits per heavy atom. The van der Waals surface area contributed by atoms with E-state index in [1.807, 2.05) is 11.1 Å². The van der Waals surface area contributed by atoms with Gasteiger partial charge >= 0.3 is 0 Å². The van der Waals surface area contributed by atoms with Crippen LogP contribution in [0.5, 0.6) is 0 Å². The van der Waals surface area contributed by atoms with Gasteiger partial charge in [0.1, 0.15) is 5.54 Å². The Hall–Kier alpha value is 0.430. The third-order valence-corrected chi connectivity index (χ3v) is 6.48. The van der Waals surface area contributed by atoms with Gasteiger partial charge in [-0.2, -0.15) is 0 Å². The quantitative estimate of drug-likeness (QED) is 0.388. The number of fused-ring (bicyclic) bond motifs is 2. The molecule has 3 aliphatic rings. The molecule has 0 N–H and O–H groups in total. The number of halogens is 1. The highest BCUT2D eigenvalue weighted by Gasteiger charge is 2.54. The van der Waals surface area contributed by atoms with Crippen LogP contribution in [-0.2, 0) is 0 Å². The normalized spacial score (nSPS) is 41.5. The lowest BCUT2D eigenvalue weighted by Crippen LogP contribution is -3.00. The van der Waals surface area contributed by atoms with Crippen molar-refractivity contribution in [2.24, 2.45) is 5.92 Å². The summed E-state index contributed by atoms with van der Waals surface area (Å²) in [6, 6.07) is 0. The second kappa shape index (κ2) is 5.67. The third-order valence-electron chi connectivity index (χ3n) is 6.48. The molecule has 2 heteroatoms. The van der Waals surface area contributed by atoms with Crippen molar-refractivity contribution < 1.29 is 28.5 Å². The van der Waals surface area contributed by atoms with Crippen molar-refractivity contribution in [3.8, 4) is 0 Å². The number of likely N-dealkylation sites (N-methyl/N-ethyl adjacent to an activating group) is 1. The zero-order valence-corrected chi connectivity index (χ0v) is 15.1. The highest BCUT2D eigenvalue weighted by atomic mass is 127. The van der Waals surface area contributed by atoms with Gasteiger partial charge in [0, 0.05) is 18.8 Å². The van der Waals surface area contributed by atoms with Gasteiger partial charge in [-0.05, 0) is 44.6 Å². The van der Waals surface area contributed by atoms with E-state index in [0.717, 1.165) is 5.92 Å². The summed E-state index contributed by atoms with van der Waals surface area (Å²) < 4.78 is 1.36. The molecule has 110 valence electrons. The van der Waals surface area contributed by atoms with Crippen molar-refractivity contribution in [1.82, 2.24) is 0 Å². The lowest BCUT2D eigenvalue weighted by Gasteiger charge is -2.57. The molecule has 3 rings (SSSR count). The molecular formula is C17H30IN. The molecule has 0 aromatic heterocycles. The summed E-state index contributed by atoms with van der Waals surface area (Å²) in [6.07, 6.45) is 11.4. The number of quaternary nitrogens is 1. The van der Waals surface area contributed by atoms with E-state index in [9.17, 15) is 0 Å². The molecule has 1 aliphatic carbocycles. The zero-order chi connectivity index (χ0) is 12.8. The van der Waals surface area contributed by atoms with Crippen LogP contribution in [0.25, 0.3) is 0 Å². The fraction of sp³-hybridized carbons (Fsp3) is 0.882. The summed E-state index contributed by atoms with van der Waals surface area (Å²) in [5.41, 5.74) is 4.27. The minimum Gasteiger partial charge on any atom is -1.00 e. The predicted octanol–water partition coefficient (Wildman–Crippen LogP) is 1.29. The number of rotatable bonds is 2. The summed E-state index contributed by atoms with van der Waals surface area (Å²) >= 11 is 0. The summed E-state index contributed by atoms with van der Waals surface area (Å²) in [5, 5.41) is 0. The highest BCUT2D eigenvalue weighted by molar-refractivity contribution is 5.30. The fourth-order valence-corrected chi connectivity index (χ4v) is 5.19. The van der Waals surface area contributed by atoms with Gasteiger partial charge in [0.15, 0.2) is 0 Å². The molecule has 3 atom stereocenters. The van der Waals surface area contributed by atoms with Crippen LogP contribution in [0.4, 0.5) is 0 Å². The summed E-state index contributed by atoms with van der Waals surface area (Å²) in [5.74, 6) is 0.997. The van der Waals surface area contributed by atoms with E-state index in [4.69, 9.17) is 0 Å². The first-order valence-electron chi connectivity index (χ1n) is 8.15. The standard InChI is InChI=1S/C17H30N.HI/c1-4-6-14-9-11-17(2)16-8-5-7-15(16)10-12-18(17,3)13-14;/h14H,4-13H2,1-3H3;1H/q+1;/p-1/t14?,17-,18?;/m1./s1. The second-order valence-corrected chi connectivity index (χ2v) is 7.45. The van der Waals surface area contributed by atoms with Crippen LogP contribution in [0.3, 0.4) is 0 Å². The number of nitrogens with zero attached hydrogens (tertiary/aromatic N) is 1. The molecule has 1 fully saturated rings. The minimum atomic E-state index is 0. The van der Waals surface area contributed by atoms with Crippen molar-refractivity contribution in [2.75, 3.05) is 20.1 Å². The van der Waals surface area contributed by atoms with Crippen molar-refractivity contribution in [2.45, 2.75) is 70.8 Å².